The molecule has 5 aromatic heterocycles. The molecule has 10 heteroatoms. The van der Waals surface area contributed by atoms with E-state index < -0.39 is 0 Å². The van der Waals surface area contributed by atoms with E-state index >= 15 is 0 Å². The predicted molar refractivity (Wildman–Crippen MR) is 271 cm³/mol. The molecule has 13 rings (SSSR count). The molecular formula is C58H38N10. The van der Waals surface area contributed by atoms with Gasteiger partial charge in [0.2, 0.25) is 0 Å². The first-order valence-corrected chi connectivity index (χ1v) is 22.6. The first-order chi connectivity index (χ1) is 33.7. The van der Waals surface area contributed by atoms with Crippen molar-refractivity contribution in [2.24, 2.45) is 4.99 Å². The van der Waals surface area contributed by atoms with Gasteiger partial charge in [-0.25, -0.2) is 34.9 Å². The number of allylic oxidation sites excluding steroid dienone is 1. The summed E-state index contributed by atoms with van der Waals surface area (Å²) in [7, 11) is 0. The van der Waals surface area contributed by atoms with E-state index in [-0.39, 0.29) is 6.04 Å². The third-order valence-corrected chi connectivity index (χ3v) is 12.5. The number of aromatic nitrogens is 9. The van der Waals surface area contributed by atoms with Crippen molar-refractivity contribution in [1.29, 1.82) is 0 Å². The SMILES string of the molecule is C1=CC(n2c3ccccc3c3cc4c5ccccc5n(-c5cccc(-c6nc(-c7ccccc7)nc(-c7ccccc7)n6)n5)c4cc32)=NC(c2nc(-c3ccccc3)nc(-c3ccccc3)n2)C1. The van der Waals surface area contributed by atoms with Gasteiger partial charge in [0.25, 0.3) is 0 Å². The van der Waals surface area contributed by atoms with Crippen LogP contribution in [0.3, 0.4) is 0 Å². The maximum absolute atomic E-state index is 5.47. The molecule has 7 aromatic carbocycles. The number of para-hydroxylation sites is 2. The number of fused-ring (bicyclic) bond motifs is 6. The van der Waals surface area contributed by atoms with Crippen molar-refractivity contribution in [3.05, 3.63) is 218 Å². The minimum Gasteiger partial charge on any atom is -0.294 e. The summed E-state index contributed by atoms with van der Waals surface area (Å²) in [6, 6.07) is 67.5. The van der Waals surface area contributed by atoms with Gasteiger partial charge in [-0.15, -0.1) is 0 Å². The van der Waals surface area contributed by atoms with Crippen molar-refractivity contribution < 1.29 is 0 Å². The predicted octanol–water partition coefficient (Wildman–Crippen LogP) is 12.9. The second kappa shape index (κ2) is 16.3. The number of aliphatic imine (C=N–C) groups is 1. The third-order valence-electron chi connectivity index (χ3n) is 12.5. The zero-order chi connectivity index (χ0) is 45.0. The maximum Gasteiger partial charge on any atom is 0.182 e. The second-order valence-corrected chi connectivity index (χ2v) is 16.7. The molecule has 1 atom stereocenters. The standard InChI is InChI=1S/C58H38N10/c1-5-19-37(20-6-1)53-61-54(38-21-7-2-8-22-38)64-57(63-53)45-29-17-33-51(59-45)67-47-31-15-13-27-41(47)43-35-44-42-28-14-16-32-48(42)68(50(44)36-49(43)67)52-34-18-30-46(60-52)58-65-55(39-23-9-3-10-24-39)62-56(66-58)40-25-11-4-12-26-40/h1-29,31-36,46H,30H2. The van der Waals surface area contributed by atoms with Crippen LogP contribution in [0.1, 0.15) is 18.3 Å². The highest BCUT2D eigenvalue weighted by Gasteiger charge is 2.24. The molecule has 320 valence electrons. The van der Waals surface area contributed by atoms with Gasteiger partial charge in [0.1, 0.15) is 23.4 Å². The number of hydrogen-bond acceptors (Lipinski definition) is 8. The summed E-state index contributed by atoms with van der Waals surface area (Å²) in [5, 5.41) is 4.50. The average molecular weight is 875 g/mol. The Kier molecular flexibility index (Phi) is 9.38. The topological polar surface area (TPSA) is 112 Å². The normalized spacial score (nSPS) is 13.7. The van der Waals surface area contributed by atoms with E-state index in [2.05, 4.69) is 81.9 Å². The maximum atomic E-state index is 5.47. The smallest absolute Gasteiger partial charge is 0.182 e. The van der Waals surface area contributed by atoms with Crippen LogP contribution in [0.4, 0.5) is 0 Å². The van der Waals surface area contributed by atoms with Crippen LogP contribution < -0.4 is 0 Å². The van der Waals surface area contributed by atoms with E-state index in [9.17, 15) is 0 Å². The van der Waals surface area contributed by atoms with Crippen LogP contribution in [-0.2, 0) is 0 Å². The highest BCUT2D eigenvalue weighted by atomic mass is 15.1. The van der Waals surface area contributed by atoms with Gasteiger partial charge in [0.05, 0.1) is 22.1 Å². The molecule has 0 saturated carbocycles. The minimum atomic E-state index is -0.346. The Labute approximate surface area is 390 Å². The lowest BCUT2D eigenvalue weighted by molar-refractivity contribution is 0.671. The lowest BCUT2D eigenvalue weighted by Gasteiger charge is -2.18. The minimum absolute atomic E-state index is 0.346. The summed E-state index contributed by atoms with van der Waals surface area (Å²) >= 11 is 0. The van der Waals surface area contributed by atoms with Crippen molar-refractivity contribution in [2.45, 2.75) is 12.5 Å². The quantitative estimate of drug-likeness (QED) is 0.157. The number of benzene rings is 7. The molecule has 6 heterocycles. The largest absolute Gasteiger partial charge is 0.294 e. The van der Waals surface area contributed by atoms with E-state index in [4.69, 9.17) is 39.9 Å². The van der Waals surface area contributed by atoms with E-state index in [0.29, 0.717) is 47.1 Å². The first-order valence-electron chi connectivity index (χ1n) is 22.6. The lowest BCUT2D eigenvalue weighted by Crippen LogP contribution is -2.16. The molecule has 0 radical (unpaired) electrons. The average Bonchev–Trinajstić information content (AvgIpc) is 3.93. The molecule has 0 spiro atoms. The number of pyridine rings is 1. The van der Waals surface area contributed by atoms with Gasteiger partial charge in [0, 0.05) is 43.8 Å². The molecule has 68 heavy (non-hydrogen) atoms. The molecule has 12 aromatic rings. The Balaban J connectivity index is 0.983. The van der Waals surface area contributed by atoms with Crippen molar-refractivity contribution in [2.75, 3.05) is 0 Å². The van der Waals surface area contributed by atoms with Gasteiger partial charge in [-0.3, -0.25) is 14.1 Å². The van der Waals surface area contributed by atoms with Gasteiger partial charge < -0.3 is 0 Å². The van der Waals surface area contributed by atoms with Crippen molar-refractivity contribution >= 4 is 49.4 Å². The van der Waals surface area contributed by atoms with Crippen molar-refractivity contribution in [3.8, 4) is 62.9 Å². The molecule has 0 N–H and O–H groups in total. The van der Waals surface area contributed by atoms with Crippen LogP contribution in [-0.4, -0.2) is 49.9 Å². The van der Waals surface area contributed by atoms with Gasteiger partial charge in [0.15, 0.2) is 34.9 Å². The lowest BCUT2D eigenvalue weighted by atomic mass is 10.1. The van der Waals surface area contributed by atoms with E-state index in [1.165, 1.54) is 0 Å². The molecule has 1 unspecified atom stereocenters. The molecular weight excluding hydrogens is 837 g/mol. The van der Waals surface area contributed by atoms with Gasteiger partial charge in [-0.2, -0.15) is 0 Å². The zero-order valence-corrected chi connectivity index (χ0v) is 36.5. The van der Waals surface area contributed by atoms with E-state index in [1.54, 1.807) is 0 Å². The van der Waals surface area contributed by atoms with Crippen LogP contribution in [0.2, 0.25) is 0 Å². The number of hydrogen-bond donors (Lipinski definition) is 0. The van der Waals surface area contributed by atoms with Crippen LogP contribution >= 0.6 is 0 Å². The highest BCUT2D eigenvalue weighted by molar-refractivity contribution is 6.22. The number of dihydropyridines is 1. The Morgan fingerprint density at radius 3 is 1.35 bits per heavy atom. The first kappa shape index (κ1) is 39.1. The van der Waals surface area contributed by atoms with E-state index in [0.717, 1.165) is 77.5 Å². The highest BCUT2D eigenvalue weighted by Crippen LogP contribution is 2.39. The van der Waals surface area contributed by atoms with Crippen molar-refractivity contribution in [3.63, 3.8) is 0 Å². The fraction of sp³-hybridized carbons (Fsp3) is 0.0345. The summed E-state index contributed by atoms with van der Waals surface area (Å²) in [5.74, 6) is 5.06. The summed E-state index contributed by atoms with van der Waals surface area (Å²) in [6.07, 6.45) is 4.95. The summed E-state index contributed by atoms with van der Waals surface area (Å²) in [5.41, 5.74) is 8.40. The number of rotatable bonds is 7. The summed E-state index contributed by atoms with van der Waals surface area (Å²) in [4.78, 5) is 40.9. The van der Waals surface area contributed by atoms with Gasteiger partial charge in [-0.05, 0) is 48.9 Å². The Hall–Kier alpha value is -9.28. The summed E-state index contributed by atoms with van der Waals surface area (Å²) < 4.78 is 4.52. The molecule has 0 bridgehead atoms. The molecule has 0 fully saturated rings. The zero-order valence-electron chi connectivity index (χ0n) is 36.5. The van der Waals surface area contributed by atoms with E-state index in [1.807, 2.05) is 140 Å². The molecule has 1 aliphatic rings. The molecule has 10 nitrogen and oxygen atoms in total. The van der Waals surface area contributed by atoms with Gasteiger partial charge in [-0.1, -0.05) is 170 Å². The second-order valence-electron chi connectivity index (χ2n) is 16.7. The Bertz CT molecular complexity index is 3820. The van der Waals surface area contributed by atoms with Crippen LogP contribution in [0.25, 0.3) is 106 Å². The third kappa shape index (κ3) is 6.82. The molecule has 0 saturated heterocycles. The molecule has 0 amide bonds. The van der Waals surface area contributed by atoms with Crippen LogP contribution in [0.15, 0.2) is 217 Å². The van der Waals surface area contributed by atoms with Crippen molar-refractivity contribution in [1.82, 2.24) is 44.0 Å². The molecule has 0 aliphatic carbocycles. The van der Waals surface area contributed by atoms with Gasteiger partial charge >= 0.3 is 0 Å². The van der Waals surface area contributed by atoms with Crippen LogP contribution in [0.5, 0.6) is 0 Å². The Morgan fingerprint density at radius 1 is 0.353 bits per heavy atom. The fourth-order valence-corrected chi connectivity index (χ4v) is 9.35. The summed E-state index contributed by atoms with van der Waals surface area (Å²) in [6.45, 7) is 0. The fourth-order valence-electron chi connectivity index (χ4n) is 9.35. The van der Waals surface area contributed by atoms with Crippen LogP contribution in [0, 0.1) is 0 Å². The number of nitrogens with zero attached hydrogens (tertiary/aromatic N) is 10. The Morgan fingerprint density at radius 2 is 0.809 bits per heavy atom. The molecule has 1 aliphatic heterocycles. The monoisotopic (exact) mass is 874 g/mol.